The molecule has 0 radical (unpaired) electrons. The summed E-state index contributed by atoms with van der Waals surface area (Å²) in [4.78, 5) is 42.4. The second kappa shape index (κ2) is 9.13. The third-order valence-corrected chi connectivity index (χ3v) is 5.22. The first-order chi connectivity index (χ1) is 14.4. The van der Waals surface area contributed by atoms with Crippen molar-refractivity contribution in [3.05, 3.63) is 47.9 Å². The number of Topliss-reactive ketones (excluding diaryl/α,β-unsaturated/α-hetero) is 2. The summed E-state index contributed by atoms with van der Waals surface area (Å²) in [5.41, 5.74) is 0.576. The van der Waals surface area contributed by atoms with Crippen molar-refractivity contribution >= 4 is 17.5 Å². The quantitative estimate of drug-likeness (QED) is 0.353. The summed E-state index contributed by atoms with van der Waals surface area (Å²) in [5, 5.41) is 0. The molecular weight excluding hydrogens is 388 g/mol. The Bertz CT molecular complexity index is 922. The van der Waals surface area contributed by atoms with E-state index in [1.807, 2.05) is 19.0 Å². The van der Waals surface area contributed by atoms with Crippen LogP contribution in [0, 0.1) is 5.92 Å². The number of carbonyl (C=O) groups excluding carboxylic acids is 3. The van der Waals surface area contributed by atoms with E-state index in [9.17, 15) is 14.4 Å². The Morgan fingerprint density at radius 2 is 1.93 bits per heavy atom. The molecule has 8 heteroatoms. The standard InChI is InChI=1S/C22H26N2O6/c1-23(2)10-6-11-24-19(15-9-8-14(28-3)13-17(15)29-4)18(21(26)22(24)27)20(25)16-7-5-12-30-16/h5,7-9,12-13,18-19H,6,10-11H2,1-4H3. The molecule has 30 heavy (non-hydrogen) atoms. The lowest BCUT2D eigenvalue weighted by Gasteiger charge is -2.28. The van der Waals surface area contributed by atoms with Gasteiger partial charge in [-0.1, -0.05) is 0 Å². The van der Waals surface area contributed by atoms with Crippen LogP contribution in [0.3, 0.4) is 0 Å². The van der Waals surface area contributed by atoms with Crippen LogP contribution in [0.15, 0.2) is 41.0 Å². The molecule has 1 aromatic carbocycles. The van der Waals surface area contributed by atoms with Gasteiger partial charge in [-0.15, -0.1) is 0 Å². The number of ketones is 2. The predicted molar refractivity (Wildman–Crippen MR) is 109 cm³/mol. The Labute approximate surface area is 175 Å². The molecule has 1 amide bonds. The van der Waals surface area contributed by atoms with Crippen LogP contribution in [-0.4, -0.2) is 68.7 Å². The van der Waals surface area contributed by atoms with Crippen LogP contribution in [0.1, 0.15) is 28.6 Å². The zero-order valence-corrected chi connectivity index (χ0v) is 17.6. The number of methoxy groups -OCH3 is 2. The fourth-order valence-corrected chi connectivity index (χ4v) is 3.77. The molecule has 1 fully saturated rings. The third-order valence-electron chi connectivity index (χ3n) is 5.22. The van der Waals surface area contributed by atoms with Gasteiger partial charge in [0.1, 0.15) is 17.4 Å². The molecule has 2 atom stereocenters. The van der Waals surface area contributed by atoms with Crippen molar-refractivity contribution in [2.75, 3.05) is 41.4 Å². The Morgan fingerprint density at radius 3 is 2.53 bits per heavy atom. The lowest BCUT2D eigenvalue weighted by atomic mass is 9.87. The molecular formula is C22H26N2O6. The molecule has 0 spiro atoms. The molecule has 160 valence electrons. The highest BCUT2D eigenvalue weighted by Gasteiger charge is 2.52. The maximum absolute atomic E-state index is 13.1. The number of hydrogen-bond acceptors (Lipinski definition) is 7. The smallest absolute Gasteiger partial charge is 0.291 e. The highest BCUT2D eigenvalue weighted by atomic mass is 16.5. The molecule has 1 aliphatic heterocycles. The van der Waals surface area contributed by atoms with E-state index >= 15 is 0 Å². The summed E-state index contributed by atoms with van der Waals surface area (Å²) in [6, 6.07) is 7.41. The molecule has 1 aliphatic rings. The van der Waals surface area contributed by atoms with Crippen molar-refractivity contribution < 1.29 is 28.3 Å². The Kier molecular flexibility index (Phi) is 6.56. The molecule has 2 aromatic rings. The lowest BCUT2D eigenvalue weighted by molar-refractivity contribution is -0.140. The molecule has 3 rings (SSSR count). The SMILES string of the molecule is COc1ccc(C2C(C(=O)c3ccco3)C(=O)C(=O)N2CCCN(C)C)c(OC)c1. The Hall–Kier alpha value is -3.13. The van der Waals surface area contributed by atoms with Crippen LogP contribution in [0.5, 0.6) is 11.5 Å². The topological polar surface area (TPSA) is 89.3 Å². The van der Waals surface area contributed by atoms with Gasteiger partial charge in [0.25, 0.3) is 5.91 Å². The number of carbonyl (C=O) groups is 3. The van der Waals surface area contributed by atoms with E-state index in [1.54, 1.807) is 24.3 Å². The van der Waals surface area contributed by atoms with Crippen molar-refractivity contribution in [3.63, 3.8) is 0 Å². The van der Waals surface area contributed by atoms with Gasteiger partial charge in [0.15, 0.2) is 5.76 Å². The molecule has 0 N–H and O–H groups in total. The monoisotopic (exact) mass is 414 g/mol. The summed E-state index contributed by atoms with van der Waals surface area (Å²) in [7, 11) is 6.90. The van der Waals surface area contributed by atoms with Gasteiger partial charge in [-0.3, -0.25) is 14.4 Å². The summed E-state index contributed by atoms with van der Waals surface area (Å²) in [6.45, 7) is 1.08. The number of amides is 1. The number of furan rings is 1. The van der Waals surface area contributed by atoms with Gasteiger partial charge in [0.05, 0.1) is 26.5 Å². The number of rotatable bonds is 9. The van der Waals surface area contributed by atoms with Crippen molar-refractivity contribution in [1.82, 2.24) is 9.80 Å². The first-order valence-electron chi connectivity index (χ1n) is 9.68. The first-order valence-corrected chi connectivity index (χ1v) is 9.68. The van der Waals surface area contributed by atoms with Gasteiger partial charge >= 0.3 is 0 Å². The predicted octanol–water partition coefficient (Wildman–Crippen LogP) is 2.20. The average Bonchev–Trinajstić information content (AvgIpc) is 3.35. The molecule has 0 saturated carbocycles. The van der Waals surface area contributed by atoms with E-state index in [2.05, 4.69) is 0 Å². The molecule has 1 aromatic heterocycles. The molecule has 2 unspecified atom stereocenters. The zero-order chi connectivity index (χ0) is 21.8. The third kappa shape index (κ3) is 4.09. The fourth-order valence-electron chi connectivity index (χ4n) is 3.77. The van der Waals surface area contributed by atoms with Crippen LogP contribution < -0.4 is 9.47 Å². The number of likely N-dealkylation sites (tertiary alicyclic amines) is 1. The van der Waals surface area contributed by atoms with E-state index < -0.39 is 29.4 Å². The summed E-state index contributed by atoms with van der Waals surface area (Å²) in [6.07, 6.45) is 2.02. The van der Waals surface area contributed by atoms with Crippen molar-refractivity contribution in [2.24, 2.45) is 5.92 Å². The zero-order valence-electron chi connectivity index (χ0n) is 17.6. The summed E-state index contributed by atoms with van der Waals surface area (Å²) < 4.78 is 16.0. The maximum Gasteiger partial charge on any atom is 0.291 e. The van der Waals surface area contributed by atoms with E-state index in [1.165, 1.54) is 31.4 Å². The molecule has 2 heterocycles. The molecule has 0 aliphatic carbocycles. The van der Waals surface area contributed by atoms with Gasteiger partial charge in [0, 0.05) is 18.2 Å². The highest BCUT2D eigenvalue weighted by Crippen LogP contribution is 2.43. The van der Waals surface area contributed by atoms with Crippen molar-refractivity contribution in [3.8, 4) is 11.5 Å². The summed E-state index contributed by atoms with van der Waals surface area (Å²) >= 11 is 0. The Balaban J connectivity index is 2.06. The van der Waals surface area contributed by atoms with Gasteiger partial charge in [0.2, 0.25) is 11.6 Å². The van der Waals surface area contributed by atoms with Crippen molar-refractivity contribution in [2.45, 2.75) is 12.5 Å². The largest absolute Gasteiger partial charge is 0.497 e. The fraction of sp³-hybridized carbons (Fsp3) is 0.409. The minimum Gasteiger partial charge on any atom is -0.497 e. The van der Waals surface area contributed by atoms with Crippen LogP contribution >= 0.6 is 0 Å². The van der Waals surface area contributed by atoms with Gasteiger partial charge in [-0.05, 0) is 51.3 Å². The Morgan fingerprint density at radius 1 is 1.17 bits per heavy atom. The molecule has 8 nitrogen and oxygen atoms in total. The van der Waals surface area contributed by atoms with Crippen LogP contribution in [0.4, 0.5) is 0 Å². The number of ether oxygens (including phenoxy) is 2. The second-order valence-electron chi connectivity index (χ2n) is 7.39. The van der Waals surface area contributed by atoms with Gasteiger partial charge in [-0.25, -0.2) is 0 Å². The van der Waals surface area contributed by atoms with Gasteiger partial charge in [-0.2, -0.15) is 0 Å². The number of benzene rings is 1. The molecule has 0 bridgehead atoms. The van der Waals surface area contributed by atoms with Crippen LogP contribution in [0.25, 0.3) is 0 Å². The van der Waals surface area contributed by atoms with E-state index in [0.29, 0.717) is 30.0 Å². The normalized spacial score (nSPS) is 18.9. The minimum atomic E-state index is -1.20. The number of hydrogen-bond donors (Lipinski definition) is 0. The van der Waals surface area contributed by atoms with Gasteiger partial charge < -0.3 is 23.7 Å². The molecule has 1 saturated heterocycles. The second-order valence-corrected chi connectivity index (χ2v) is 7.39. The van der Waals surface area contributed by atoms with Crippen LogP contribution in [-0.2, 0) is 9.59 Å². The van der Waals surface area contributed by atoms with Crippen LogP contribution in [0.2, 0.25) is 0 Å². The number of nitrogens with zero attached hydrogens (tertiary/aromatic N) is 2. The van der Waals surface area contributed by atoms with E-state index in [4.69, 9.17) is 13.9 Å². The maximum atomic E-state index is 13.1. The first kappa shape index (κ1) is 21.6. The summed E-state index contributed by atoms with van der Waals surface area (Å²) in [5.74, 6) is -2.06. The van der Waals surface area contributed by atoms with E-state index in [0.717, 1.165) is 6.54 Å². The van der Waals surface area contributed by atoms with E-state index in [-0.39, 0.29) is 5.76 Å². The minimum absolute atomic E-state index is 0.0498. The lowest BCUT2D eigenvalue weighted by Crippen LogP contribution is -2.33. The van der Waals surface area contributed by atoms with Crippen molar-refractivity contribution in [1.29, 1.82) is 0 Å². The highest BCUT2D eigenvalue weighted by molar-refractivity contribution is 6.43. The average molecular weight is 414 g/mol.